The molecule has 13 heteroatoms. The molecule has 0 saturated carbocycles. The largest absolute Gasteiger partial charge is 0.399 e. The Morgan fingerprint density at radius 3 is 1.73 bits per heavy atom. The number of nitrogens with zero attached hydrogens (tertiary/aromatic N) is 9. The molecule has 6 aromatic rings. The first kappa shape index (κ1) is 46.2. The summed E-state index contributed by atoms with van der Waals surface area (Å²) in [6.45, 7) is 36.4. The van der Waals surface area contributed by atoms with Crippen molar-refractivity contribution in [2.75, 3.05) is 30.3 Å². The van der Waals surface area contributed by atoms with Crippen molar-refractivity contribution in [2.24, 2.45) is 5.73 Å². The Kier molecular flexibility index (Phi) is 13.7. The molecule has 348 valence electrons. The Bertz CT molecular complexity index is 2820. The molecule has 8 rings (SSSR count). The van der Waals surface area contributed by atoms with Gasteiger partial charge in [-0.1, -0.05) is 51.3 Å². The zero-order valence-corrected chi connectivity index (χ0v) is 40.4. The van der Waals surface area contributed by atoms with E-state index in [4.69, 9.17) is 20.8 Å². The highest BCUT2D eigenvalue weighted by molar-refractivity contribution is 5.89. The number of likely N-dealkylation sites (tertiary alicyclic amines) is 1. The number of nitrogens with two attached hydrogens (primary N) is 1. The van der Waals surface area contributed by atoms with Gasteiger partial charge in [-0.3, -0.25) is 14.3 Å². The van der Waals surface area contributed by atoms with Gasteiger partial charge < -0.3 is 30.8 Å². The van der Waals surface area contributed by atoms with Gasteiger partial charge >= 0.3 is 0 Å². The lowest BCUT2D eigenvalue weighted by Gasteiger charge is -2.42. The van der Waals surface area contributed by atoms with Gasteiger partial charge in [0.25, 0.3) is 0 Å². The van der Waals surface area contributed by atoms with E-state index in [0.717, 1.165) is 144 Å². The van der Waals surface area contributed by atoms with Crippen molar-refractivity contribution in [2.45, 2.75) is 131 Å². The highest BCUT2D eigenvalue weighted by atomic mass is 15.3. The SMILES string of the molecule is C=C(N)c1cc2c3c(c1)nc(NC(=C)c1cc(C)nn1CC)n3C/C=C/Cn1c(NC(=C)c3cc(C)nn3CC)nc3cc(C(=C)NCCCN4CCCCC4(C)C)cc(c31)CCCCC2. The van der Waals surface area contributed by atoms with Crippen LogP contribution in [0, 0.1) is 13.8 Å². The van der Waals surface area contributed by atoms with E-state index in [-0.39, 0.29) is 5.54 Å². The first-order valence-electron chi connectivity index (χ1n) is 24.1. The van der Waals surface area contributed by atoms with Crippen LogP contribution >= 0.6 is 0 Å². The van der Waals surface area contributed by atoms with Gasteiger partial charge in [0.05, 0.1) is 56.2 Å². The topological polar surface area (TPSA) is 137 Å². The van der Waals surface area contributed by atoms with Gasteiger partial charge in [0.1, 0.15) is 0 Å². The third-order valence-corrected chi connectivity index (χ3v) is 13.5. The predicted octanol–water partition coefficient (Wildman–Crippen LogP) is 10.3. The van der Waals surface area contributed by atoms with E-state index in [9.17, 15) is 0 Å². The van der Waals surface area contributed by atoms with Crippen LogP contribution in [0.2, 0.25) is 0 Å². The fraction of sp³-hybridized carbons (Fsp3) is 0.434. The number of anilines is 2. The normalized spacial score (nSPS) is 16.2. The second-order valence-corrected chi connectivity index (χ2v) is 18.9. The number of hydrogen-bond donors (Lipinski definition) is 4. The lowest BCUT2D eigenvalue weighted by atomic mass is 9.90. The quantitative estimate of drug-likeness (QED) is 0.0587. The van der Waals surface area contributed by atoms with Crippen LogP contribution in [0.4, 0.5) is 11.9 Å². The lowest BCUT2D eigenvalue weighted by Crippen LogP contribution is -2.48. The average Bonchev–Trinajstić information content (AvgIpc) is 4.05. The van der Waals surface area contributed by atoms with Gasteiger partial charge in [-0.2, -0.15) is 10.2 Å². The first-order valence-corrected chi connectivity index (χ1v) is 24.1. The third kappa shape index (κ3) is 9.77. The zero-order valence-electron chi connectivity index (χ0n) is 40.4. The highest BCUT2D eigenvalue weighted by Crippen LogP contribution is 2.33. The summed E-state index contributed by atoms with van der Waals surface area (Å²) >= 11 is 0. The maximum atomic E-state index is 6.36. The number of rotatable bonds is 15. The predicted molar refractivity (Wildman–Crippen MR) is 275 cm³/mol. The molecule has 1 fully saturated rings. The van der Waals surface area contributed by atoms with Crippen LogP contribution in [0.15, 0.2) is 74.9 Å². The Morgan fingerprint density at radius 2 is 1.21 bits per heavy atom. The molecular formula is C53H71N13. The molecule has 0 aliphatic carbocycles. The van der Waals surface area contributed by atoms with Crippen LogP contribution < -0.4 is 21.7 Å². The molecule has 2 aliphatic rings. The van der Waals surface area contributed by atoms with Crippen LogP contribution in [0.3, 0.4) is 0 Å². The minimum absolute atomic E-state index is 0.264. The van der Waals surface area contributed by atoms with E-state index in [2.05, 4.69) is 138 Å². The molecule has 1 saturated heterocycles. The van der Waals surface area contributed by atoms with E-state index < -0.39 is 0 Å². The molecular weight excluding hydrogens is 819 g/mol. The number of aryl methyl sites for hydroxylation is 6. The summed E-state index contributed by atoms with van der Waals surface area (Å²) in [5.74, 6) is 1.44. The Morgan fingerprint density at radius 1 is 0.682 bits per heavy atom. The molecule has 66 heavy (non-hydrogen) atoms. The van der Waals surface area contributed by atoms with Crippen molar-refractivity contribution < 1.29 is 0 Å². The van der Waals surface area contributed by atoms with E-state index >= 15 is 0 Å². The van der Waals surface area contributed by atoms with Crippen LogP contribution in [-0.4, -0.2) is 68.7 Å². The molecule has 0 radical (unpaired) electrons. The summed E-state index contributed by atoms with van der Waals surface area (Å²) in [6, 6.07) is 12.9. The van der Waals surface area contributed by atoms with E-state index in [1.807, 2.05) is 23.2 Å². The molecule has 0 spiro atoms. The molecule has 6 heterocycles. The molecule has 0 bridgehead atoms. The third-order valence-electron chi connectivity index (χ3n) is 13.5. The highest BCUT2D eigenvalue weighted by Gasteiger charge is 2.29. The van der Waals surface area contributed by atoms with Crippen molar-refractivity contribution in [3.63, 3.8) is 0 Å². The van der Waals surface area contributed by atoms with E-state index in [1.54, 1.807) is 0 Å². The smallest absolute Gasteiger partial charge is 0.208 e. The van der Waals surface area contributed by atoms with Gasteiger partial charge in [0.2, 0.25) is 11.9 Å². The van der Waals surface area contributed by atoms with Crippen LogP contribution in [-0.2, 0) is 39.0 Å². The molecule has 0 atom stereocenters. The molecule has 2 aliphatic heterocycles. The molecule has 0 unspecified atom stereocenters. The van der Waals surface area contributed by atoms with Crippen molar-refractivity contribution in [3.05, 3.63) is 120 Å². The van der Waals surface area contributed by atoms with Gasteiger partial charge in [0, 0.05) is 56.2 Å². The van der Waals surface area contributed by atoms with E-state index in [1.165, 1.54) is 36.9 Å². The number of benzene rings is 2. The number of allylic oxidation sites excluding steroid dienone is 2. The summed E-state index contributed by atoms with van der Waals surface area (Å²) in [5, 5.41) is 20.3. The van der Waals surface area contributed by atoms with Crippen LogP contribution in [0.5, 0.6) is 0 Å². The van der Waals surface area contributed by atoms with Crippen molar-refractivity contribution in [3.8, 4) is 0 Å². The monoisotopic (exact) mass is 890 g/mol. The minimum Gasteiger partial charge on any atom is -0.399 e. The second-order valence-electron chi connectivity index (χ2n) is 18.9. The number of hydrogen-bond acceptors (Lipinski definition) is 9. The first-order chi connectivity index (χ1) is 31.7. The Balaban J connectivity index is 1.15. The zero-order chi connectivity index (χ0) is 46.7. The molecule has 4 aromatic heterocycles. The molecule has 13 nitrogen and oxygen atoms in total. The number of imidazole rings is 2. The summed E-state index contributed by atoms with van der Waals surface area (Å²) in [7, 11) is 0. The van der Waals surface area contributed by atoms with Gasteiger partial charge in [-0.15, -0.1) is 0 Å². The summed E-state index contributed by atoms with van der Waals surface area (Å²) in [5.41, 5.74) is 21.8. The van der Waals surface area contributed by atoms with E-state index in [0.29, 0.717) is 24.7 Å². The molecule has 2 aromatic carbocycles. The fourth-order valence-corrected chi connectivity index (χ4v) is 9.97. The summed E-state index contributed by atoms with van der Waals surface area (Å²) < 4.78 is 8.52. The average molecular weight is 890 g/mol. The minimum atomic E-state index is 0.264. The van der Waals surface area contributed by atoms with Crippen molar-refractivity contribution >= 4 is 56.8 Å². The van der Waals surface area contributed by atoms with Crippen LogP contribution in [0.25, 0.3) is 44.9 Å². The number of piperidine rings is 1. The maximum absolute atomic E-state index is 6.36. The maximum Gasteiger partial charge on any atom is 0.208 e. The van der Waals surface area contributed by atoms with Crippen molar-refractivity contribution in [1.29, 1.82) is 0 Å². The number of aromatic nitrogens is 8. The standard InChI is InChI=1S/C53H71N13/c1-11-65-47(29-35(3)60-65)39(7)56-51-58-45-33-43(37(5)54)31-41-21-14-13-15-22-42-32-44(38(6)55-24-20-26-62-25-17-16-23-53(62,9)10)34-46-50(42)64(28-19-18-27-63(51)49(41)45)52(59-46)57-40(8)48-30-36(4)61-66(48)12-2/h18-19,29-34,55H,5-8,11-17,20-28,54H2,1-4,9-10H3,(H,56,58)(H,57,59)/b19-18+. The molecule has 5 N–H and O–H groups in total. The molecule has 0 amide bonds. The summed E-state index contributed by atoms with van der Waals surface area (Å²) in [4.78, 5) is 13.2. The second kappa shape index (κ2) is 19.6. The van der Waals surface area contributed by atoms with Gasteiger partial charge in [0.15, 0.2) is 0 Å². The van der Waals surface area contributed by atoms with Crippen molar-refractivity contribution in [1.82, 2.24) is 48.9 Å². The Hall–Kier alpha value is -6.34. The number of nitrogens with one attached hydrogen (secondary N) is 3. The fourth-order valence-electron chi connectivity index (χ4n) is 9.97. The summed E-state index contributed by atoms with van der Waals surface area (Å²) in [6.07, 6.45) is 14.2. The Labute approximate surface area is 391 Å². The lowest BCUT2D eigenvalue weighted by molar-refractivity contribution is 0.0762. The van der Waals surface area contributed by atoms with Gasteiger partial charge in [-0.05, 0) is 152 Å². The van der Waals surface area contributed by atoms with Crippen LogP contribution in [0.1, 0.15) is 118 Å². The van der Waals surface area contributed by atoms with Gasteiger partial charge in [-0.25, -0.2) is 9.97 Å².